The zero-order valence-corrected chi connectivity index (χ0v) is 23.2. The molecular formula is C28H33N5O5S. The Morgan fingerprint density at radius 1 is 1.23 bits per heavy atom. The molecule has 5 rings (SSSR count). The molecule has 0 radical (unpaired) electrons. The summed E-state index contributed by atoms with van der Waals surface area (Å²) in [5.74, 6) is 0.995. The first-order valence-corrected chi connectivity index (χ1v) is 14.8. The second-order valence-electron chi connectivity index (χ2n) is 10.2. The Hall–Kier alpha value is -3.54. The van der Waals surface area contributed by atoms with E-state index in [1.54, 1.807) is 24.2 Å². The first-order valence-electron chi connectivity index (χ1n) is 13.0. The highest BCUT2D eigenvalue weighted by Gasteiger charge is 2.33. The molecule has 10 nitrogen and oxygen atoms in total. The maximum atomic E-state index is 13.0. The fourth-order valence-corrected chi connectivity index (χ4v) is 6.03. The molecule has 11 heteroatoms. The Morgan fingerprint density at radius 2 is 1.97 bits per heavy atom. The number of aromatic nitrogens is 1. The van der Waals surface area contributed by atoms with Gasteiger partial charge in [0, 0.05) is 56.4 Å². The van der Waals surface area contributed by atoms with Gasteiger partial charge >= 0.3 is 0 Å². The molecule has 2 aliphatic rings. The lowest BCUT2D eigenvalue weighted by Gasteiger charge is -2.37. The van der Waals surface area contributed by atoms with Crippen LogP contribution in [0.4, 0.5) is 5.82 Å². The summed E-state index contributed by atoms with van der Waals surface area (Å²) in [6.07, 6.45) is 7.33. The van der Waals surface area contributed by atoms with E-state index in [9.17, 15) is 18.0 Å². The van der Waals surface area contributed by atoms with E-state index in [1.165, 1.54) is 16.6 Å². The number of nitrogens with zero attached hydrogens (tertiary/aromatic N) is 4. The average Bonchev–Trinajstić information content (AvgIpc) is 3.12. The summed E-state index contributed by atoms with van der Waals surface area (Å²) in [5, 5.41) is 3.98. The van der Waals surface area contributed by atoms with Crippen LogP contribution in [0.15, 0.2) is 47.0 Å². The largest absolute Gasteiger partial charge is 0.459 e. The zero-order chi connectivity index (χ0) is 27.7. The van der Waals surface area contributed by atoms with Crippen molar-refractivity contribution < 1.29 is 22.4 Å². The number of fused-ring (bicyclic) bond motifs is 2. The van der Waals surface area contributed by atoms with Gasteiger partial charge in [-0.2, -0.15) is 4.31 Å². The number of carbonyl (C=O) groups excluding carboxylic acids is 2. The van der Waals surface area contributed by atoms with Crippen LogP contribution in [0.5, 0.6) is 0 Å². The van der Waals surface area contributed by atoms with Crippen molar-refractivity contribution in [2.75, 3.05) is 44.8 Å². The smallest absolute Gasteiger partial charge is 0.246 e. The van der Waals surface area contributed by atoms with Gasteiger partial charge in [-0.15, -0.1) is 0 Å². The summed E-state index contributed by atoms with van der Waals surface area (Å²) >= 11 is 0. The van der Waals surface area contributed by atoms with E-state index >= 15 is 0 Å². The molecule has 39 heavy (non-hydrogen) atoms. The predicted molar refractivity (Wildman–Crippen MR) is 149 cm³/mol. The van der Waals surface area contributed by atoms with Crippen molar-refractivity contribution in [3.05, 3.63) is 65.1 Å². The van der Waals surface area contributed by atoms with Gasteiger partial charge in [0.25, 0.3) is 0 Å². The number of sulfonamides is 1. The highest BCUT2D eigenvalue weighted by Crippen LogP contribution is 2.27. The first-order chi connectivity index (χ1) is 18.6. The van der Waals surface area contributed by atoms with Crippen molar-refractivity contribution in [1.82, 2.24) is 19.1 Å². The SMILES string of the molecule is Cc1c(CN(C)C(=O)/C=C/c2cnc3c(c2)CCC(N2CCN(S(C)(=O)=O)CC2)C(=O)N3)oc2ccccc12. The molecule has 3 aromatic rings. The van der Waals surface area contributed by atoms with Crippen LogP contribution in [0.3, 0.4) is 0 Å². The van der Waals surface area contributed by atoms with Crippen molar-refractivity contribution in [1.29, 1.82) is 0 Å². The number of hydrogen-bond donors (Lipinski definition) is 1. The second-order valence-corrected chi connectivity index (χ2v) is 12.2. The van der Waals surface area contributed by atoms with Crippen molar-refractivity contribution in [3.63, 3.8) is 0 Å². The van der Waals surface area contributed by atoms with E-state index < -0.39 is 10.0 Å². The zero-order valence-electron chi connectivity index (χ0n) is 22.4. The molecule has 1 N–H and O–H groups in total. The number of likely N-dealkylation sites (N-methyl/N-ethyl adjacent to an activating group) is 1. The average molecular weight is 552 g/mol. The number of benzene rings is 1. The van der Waals surface area contributed by atoms with E-state index in [0.29, 0.717) is 51.4 Å². The monoisotopic (exact) mass is 551 g/mol. The molecule has 0 spiro atoms. The van der Waals surface area contributed by atoms with Crippen LogP contribution in [-0.2, 0) is 32.6 Å². The van der Waals surface area contributed by atoms with Crippen LogP contribution in [0.1, 0.15) is 28.9 Å². The van der Waals surface area contributed by atoms with Crippen LogP contribution >= 0.6 is 0 Å². The normalized spacial score (nSPS) is 19.2. The number of anilines is 1. The van der Waals surface area contributed by atoms with Crippen LogP contribution in [0, 0.1) is 6.92 Å². The van der Waals surface area contributed by atoms with Crippen LogP contribution in [0.2, 0.25) is 0 Å². The molecule has 1 fully saturated rings. The van der Waals surface area contributed by atoms with E-state index in [1.807, 2.05) is 42.2 Å². The number of pyridine rings is 1. The van der Waals surface area contributed by atoms with E-state index in [-0.39, 0.29) is 17.9 Å². The highest BCUT2D eigenvalue weighted by atomic mass is 32.2. The molecule has 0 bridgehead atoms. The van der Waals surface area contributed by atoms with Gasteiger partial charge in [-0.25, -0.2) is 13.4 Å². The van der Waals surface area contributed by atoms with Crippen LogP contribution < -0.4 is 5.32 Å². The highest BCUT2D eigenvalue weighted by molar-refractivity contribution is 7.88. The Morgan fingerprint density at radius 3 is 2.69 bits per heavy atom. The number of hydrogen-bond acceptors (Lipinski definition) is 7. The Bertz CT molecular complexity index is 1540. The molecule has 2 aromatic heterocycles. The van der Waals surface area contributed by atoms with E-state index in [4.69, 9.17) is 4.42 Å². The molecule has 1 aromatic carbocycles. The molecule has 206 valence electrons. The van der Waals surface area contributed by atoms with Gasteiger partial charge in [0.15, 0.2) is 0 Å². The number of amides is 2. The summed E-state index contributed by atoms with van der Waals surface area (Å²) in [7, 11) is -1.50. The van der Waals surface area contributed by atoms with E-state index in [2.05, 4.69) is 10.3 Å². The van der Waals surface area contributed by atoms with Gasteiger partial charge in [-0.05, 0) is 49.1 Å². The fourth-order valence-electron chi connectivity index (χ4n) is 5.21. The maximum absolute atomic E-state index is 13.0. The minimum absolute atomic E-state index is 0.130. The molecule has 0 aliphatic carbocycles. The quantitative estimate of drug-likeness (QED) is 0.468. The lowest BCUT2D eigenvalue weighted by molar-refractivity contribution is -0.125. The molecule has 2 aliphatic heterocycles. The maximum Gasteiger partial charge on any atom is 0.246 e. The van der Waals surface area contributed by atoms with Crippen LogP contribution in [0.25, 0.3) is 17.0 Å². The first kappa shape index (κ1) is 27.0. The molecule has 2 amide bonds. The summed E-state index contributed by atoms with van der Waals surface area (Å²) in [5.41, 5.74) is 3.51. The number of piperazine rings is 1. The van der Waals surface area contributed by atoms with Crippen molar-refractivity contribution >= 4 is 44.7 Å². The van der Waals surface area contributed by atoms with Gasteiger partial charge in [0.2, 0.25) is 21.8 Å². The minimum atomic E-state index is -3.23. The van der Waals surface area contributed by atoms with Crippen molar-refractivity contribution in [2.24, 2.45) is 0 Å². The second kappa shape index (κ2) is 10.9. The summed E-state index contributed by atoms with van der Waals surface area (Å²) in [6.45, 7) is 4.12. The molecule has 4 heterocycles. The van der Waals surface area contributed by atoms with Gasteiger partial charge in [0.1, 0.15) is 17.2 Å². The third kappa shape index (κ3) is 5.90. The van der Waals surface area contributed by atoms with Crippen LogP contribution in [-0.4, -0.2) is 84.8 Å². The summed E-state index contributed by atoms with van der Waals surface area (Å²) in [4.78, 5) is 33.9. The molecular weight excluding hydrogens is 518 g/mol. The lowest BCUT2D eigenvalue weighted by atomic mass is 10.0. The standard InChI is InChI=1S/C28H33N5O5S/c1-19-22-6-4-5-7-24(22)38-25(19)18-31(2)26(34)11-8-20-16-21-9-10-23(28(35)30-27(21)29-17-20)32-12-14-33(15-13-32)39(3,36)37/h4-8,11,16-17,23H,9-10,12-15,18H2,1-3H3,(H,29,30,35)/b11-8+. The number of para-hydroxylation sites is 1. The van der Waals surface area contributed by atoms with E-state index in [0.717, 1.165) is 33.4 Å². The number of carbonyl (C=O) groups is 2. The molecule has 1 saturated heterocycles. The Kier molecular flexibility index (Phi) is 7.57. The summed E-state index contributed by atoms with van der Waals surface area (Å²) in [6, 6.07) is 9.41. The third-order valence-electron chi connectivity index (χ3n) is 7.52. The topological polar surface area (TPSA) is 116 Å². The number of rotatable bonds is 6. The lowest BCUT2D eigenvalue weighted by Crippen LogP contribution is -2.54. The number of aryl methyl sites for hydroxylation is 2. The van der Waals surface area contributed by atoms with Gasteiger partial charge < -0.3 is 14.6 Å². The Labute approximate surface area is 228 Å². The third-order valence-corrected chi connectivity index (χ3v) is 8.82. The number of nitrogens with one attached hydrogen (secondary N) is 1. The molecule has 0 saturated carbocycles. The van der Waals surface area contributed by atoms with Gasteiger partial charge in [0.05, 0.1) is 18.8 Å². The summed E-state index contributed by atoms with van der Waals surface area (Å²) < 4.78 is 31.0. The minimum Gasteiger partial charge on any atom is -0.459 e. The Balaban J connectivity index is 1.21. The van der Waals surface area contributed by atoms with Crippen molar-refractivity contribution in [2.45, 2.75) is 32.4 Å². The molecule has 1 atom stereocenters. The van der Waals surface area contributed by atoms with Gasteiger partial charge in [-0.3, -0.25) is 14.5 Å². The van der Waals surface area contributed by atoms with Crippen molar-refractivity contribution in [3.8, 4) is 0 Å². The predicted octanol–water partition coefficient (Wildman–Crippen LogP) is 2.64. The molecule has 1 unspecified atom stereocenters. The fraction of sp³-hybridized carbons (Fsp3) is 0.393. The number of furan rings is 1. The van der Waals surface area contributed by atoms with Gasteiger partial charge in [-0.1, -0.05) is 18.2 Å².